The van der Waals surface area contributed by atoms with Gasteiger partial charge in [0.15, 0.2) is 12.1 Å². The molecule has 1 unspecified atom stereocenters. The number of aromatic nitrogens is 1. The van der Waals surface area contributed by atoms with Crippen LogP contribution in [0, 0.1) is 0 Å². The van der Waals surface area contributed by atoms with Gasteiger partial charge in [-0.3, -0.25) is 19.6 Å². The highest BCUT2D eigenvalue weighted by Crippen LogP contribution is 2.35. The summed E-state index contributed by atoms with van der Waals surface area (Å²) >= 11 is 0. The Kier molecular flexibility index (Phi) is 8.75. The van der Waals surface area contributed by atoms with E-state index in [0.717, 1.165) is 29.3 Å². The lowest BCUT2D eigenvalue weighted by Gasteiger charge is -2.35. The Balaban J connectivity index is 1.53. The zero-order valence-corrected chi connectivity index (χ0v) is 21.0. The molecule has 2 atom stereocenters. The second kappa shape index (κ2) is 12.4. The van der Waals surface area contributed by atoms with E-state index in [4.69, 9.17) is 5.21 Å². The number of aromatic amines is 1. The predicted octanol–water partition coefficient (Wildman–Crippen LogP) is 3.38. The van der Waals surface area contributed by atoms with E-state index < -0.39 is 29.9 Å². The summed E-state index contributed by atoms with van der Waals surface area (Å²) < 4.78 is 0. The van der Waals surface area contributed by atoms with Gasteiger partial charge in [0.1, 0.15) is 0 Å². The number of aliphatic carboxylic acids is 1. The maximum absolute atomic E-state index is 13.7. The van der Waals surface area contributed by atoms with Crippen LogP contribution >= 0.6 is 0 Å². The normalized spacial score (nSPS) is 15.5. The number of carbonyl (C=O) groups excluding carboxylic acids is 3. The first-order valence-corrected chi connectivity index (χ1v) is 12.8. The second-order valence-electron chi connectivity index (χ2n) is 9.44. The average Bonchev–Trinajstić information content (AvgIpc) is 3.31. The van der Waals surface area contributed by atoms with Crippen molar-refractivity contribution in [3.05, 3.63) is 71.4 Å². The van der Waals surface area contributed by atoms with Crippen molar-refractivity contribution in [2.45, 2.75) is 57.0 Å². The van der Waals surface area contributed by atoms with Crippen LogP contribution in [0.2, 0.25) is 0 Å². The molecule has 2 heterocycles. The van der Waals surface area contributed by atoms with E-state index in [1.54, 1.807) is 35.8 Å². The maximum atomic E-state index is 13.7. The quantitative estimate of drug-likeness (QED) is 0.148. The van der Waals surface area contributed by atoms with Crippen LogP contribution in [0.5, 0.6) is 0 Å². The first-order valence-electron chi connectivity index (χ1n) is 12.8. The van der Waals surface area contributed by atoms with Crippen LogP contribution in [0.1, 0.15) is 67.4 Å². The number of hydrogen-bond donors (Lipinski definition) is 5. The molecule has 0 saturated heterocycles. The molecule has 0 saturated carbocycles. The number of para-hydroxylation sites is 1. The van der Waals surface area contributed by atoms with Crippen molar-refractivity contribution in [2.24, 2.45) is 0 Å². The van der Waals surface area contributed by atoms with Gasteiger partial charge in [-0.25, -0.2) is 10.3 Å². The SMILES string of the molecule is O=C(CCCCCCC(=O)N1CCc2c([nH]c3ccccc23)[C@H]1C(=O)NC(C(=O)O)c1ccccc1)NO. The summed E-state index contributed by atoms with van der Waals surface area (Å²) in [4.78, 5) is 55.1. The number of rotatable bonds is 11. The molecule has 0 fully saturated rings. The molecule has 4 rings (SSSR count). The Morgan fingerprint density at radius 1 is 0.947 bits per heavy atom. The molecule has 2 aromatic carbocycles. The van der Waals surface area contributed by atoms with Crippen molar-refractivity contribution in [3.8, 4) is 0 Å². The fourth-order valence-electron chi connectivity index (χ4n) is 5.05. The summed E-state index contributed by atoms with van der Waals surface area (Å²) in [5.41, 5.74) is 4.46. The van der Waals surface area contributed by atoms with Gasteiger partial charge in [0.2, 0.25) is 17.7 Å². The highest BCUT2D eigenvalue weighted by atomic mass is 16.5. The van der Waals surface area contributed by atoms with Crippen LogP contribution in [-0.2, 0) is 25.6 Å². The summed E-state index contributed by atoms with van der Waals surface area (Å²) in [5.74, 6) is -2.37. The molecule has 0 spiro atoms. The molecule has 1 aliphatic heterocycles. The van der Waals surface area contributed by atoms with Crippen molar-refractivity contribution >= 4 is 34.6 Å². The van der Waals surface area contributed by atoms with Gasteiger partial charge in [-0.15, -0.1) is 0 Å². The number of unbranched alkanes of at least 4 members (excludes halogenated alkanes) is 3. The molecule has 3 amide bonds. The van der Waals surface area contributed by atoms with Crippen LogP contribution in [-0.4, -0.2) is 50.4 Å². The lowest BCUT2D eigenvalue weighted by atomic mass is 9.95. The second-order valence-corrected chi connectivity index (χ2v) is 9.44. The number of carboxylic acid groups (broad SMARTS) is 1. The third-order valence-corrected chi connectivity index (χ3v) is 6.94. The minimum atomic E-state index is -1.26. The first kappa shape index (κ1) is 26.9. The fraction of sp³-hybridized carbons (Fsp3) is 0.357. The third-order valence-electron chi connectivity index (χ3n) is 6.94. The van der Waals surface area contributed by atoms with E-state index in [2.05, 4.69) is 10.3 Å². The van der Waals surface area contributed by atoms with Gasteiger partial charge >= 0.3 is 5.97 Å². The minimum absolute atomic E-state index is 0.186. The lowest BCUT2D eigenvalue weighted by molar-refractivity contribution is -0.145. The Morgan fingerprint density at radius 2 is 1.63 bits per heavy atom. The number of amides is 3. The van der Waals surface area contributed by atoms with Crippen molar-refractivity contribution in [1.29, 1.82) is 0 Å². The first-order chi connectivity index (χ1) is 18.4. The average molecular weight is 521 g/mol. The zero-order valence-electron chi connectivity index (χ0n) is 21.0. The van der Waals surface area contributed by atoms with Gasteiger partial charge in [0, 0.05) is 30.3 Å². The monoisotopic (exact) mass is 520 g/mol. The van der Waals surface area contributed by atoms with E-state index in [1.807, 2.05) is 24.3 Å². The summed E-state index contributed by atoms with van der Waals surface area (Å²) in [5, 5.41) is 22.1. The Hall–Kier alpha value is -4.18. The predicted molar refractivity (Wildman–Crippen MR) is 139 cm³/mol. The Bertz CT molecular complexity index is 1310. The summed E-state index contributed by atoms with van der Waals surface area (Å²) in [7, 11) is 0. The number of carbonyl (C=O) groups is 4. The van der Waals surface area contributed by atoms with E-state index in [-0.39, 0.29) is 18.7 Å². The van der Waals surface area contributed by atoms with Gasteiger partial charge in [0.25, 0.3) is 0 Å². The number of nitrogens with one attached hydrogen (secondary N) is 3. The number of fused-ring (bicyclic) bond motifs is 3. The molecular weight excluding hydrogens is 488 g/mol. The van der Waals surface area contributed by atoms with Crippen LogP contribution in [0.4, 0.5) is 0 Å². The Labute approximate surface area is 220 Å². The van der Waals surface area contributed by atoms with Crippen molar-refractivity contribution < 1.29 is 29.5 Å². The molecule has 1 aliphatic rings. The van der Waals surface area contributed by atoms with E-state index in [1.165, 1.54) is 4.90 Å². The maximum Gasteiger partial charge on any atom is 0.330 e. The number of benzene rings is 2. The van der Waals surface area contributed by atoms with Gasteiger partial charge in [-0.05, 0) is 36.5 Å². The molecule has 0 aliphatic carbocycles. The number of H-pyrrole nitrogens is 1. The molecule has 10 nitrogen and oxygen atoms in total. The molecule has 38 heavy (non-hydrogen) atoms. The smallest absolute Gasteiger partial charge is 0.330 e. The number of nitrogens with zero attached hydrogens (tertiary/aromatic N) is 1. The van der Waals surface area contributed by atoms with Crippen LogP contribution in [0.15, 0.2) is 54.6 Å². The van der Waals surface area contributed by atoms with E-state index in [9.17, 15) is 24.3 Å². The van der Waals surface area contributed by atoms with Crippen LogP contribution in [0.25, 0.3) is 10.9 Å². The summed E-state index contributed by atoms with van der Waals surface area (Å²) in [6.07, 6.45) is 3.67. The van der Waals surface area contributed by atoms with E-state index >= 15 is 0 Å². The largest absolute Gasteiger partial charge is 0.479 e. The molecule has 0 bridgehead atoms. The number of carboxylic acids is 1. The van der Waals surface area contributed by atoms with Gasteiger partial charge < -0.3 is 20.3 Å². The molecule has 0 radical (unpaired) electrons. The highest BCUT2D eigenvalue weighted by Gasteiger charge is 2.39. The summed E-state index contributed by atoms with van der Waals surface area (Å²) in [6.45, 7) is 0.339. The lowest BCUT2D eigenvalue weighted by Crippen LogP contribution is -2.48. The topological polar surface area (TPSA) is 152 Å². The zero-order chi connectivity index (χ0) is 27.1. The molecule has 10 heteroatoms. The van der Waals surface area contributed by atoms with Crippen LogP contribution in [0.3, 0.4) is 0 Å². The molecule has 3 aromatic rings. The molecular formula is C28H32N4O6. The van der Waals surface area contributed by atoms with Gasteiger partial charge in [-0.2, -0.15) is 0 Å². The van der Waals surface area contributed by atoms with Crippen molar-refractivity contribution in [2.75, 3.05) is 6.54 Å². The standard InChI is InChI=1S/C28H32N4O6/c33-22(31-38)14-6-1-2-7-15-23(34)32-17-16-20-19-12-8-9-13-21(19)29-25(20)26(32)27(35)30-24(28(36)37)18-10-4-3-5-11-18/h3-5,8-13,24,26,29,38H,1-2,6-7,14-17H2,(H,30,35)(H,31,33)(H,36,37)/t24?,26-/m0/s1. The number of hydrogen-bond acceptors (Lipinski definition) is 5. The molecule has 5 N–H and O–H groups in total. The van der Waals surface area contributed by atoms with Gasteiger partial charge in [0.05, 0.1) is 5.69 Å². The highest BCUT2D eigenvalue weighted by molar-refractivity contribution is 5.95. The Morgan fingerprint density at radius 3 is 2.34 bits per heavy atom. The van der Waals surface area contributed by atoms with Gasteiger partial charge in [-0.1, -0.05) is 61.4 Å². The fourth-order valence-corrected chi connectivity index (χ4v) is 5.05. The van der Waals surface area contributed by atoms with Crippen molar-refractivity contribution in [3.63, 3.8) is 0 Å². The minimum Gasteiger partial charge on any atom is -0.479 e. The van der Waals surface area contributed by atoms with E-state index in [0.29, 0.717) is 37.1 Å². The van der Waals surface area contributed by atoms with Crippen LogP contribution < -0.4 is 10.8 Å². The van der Waals surface area contributed by atoms with Crippen molar-refractivity contribution in [1.82, 2.24) is 20.7 Å². The summed E-state index contributed by atoms with van der Waals surface area (Å²) in [6, 6.07) is 13.9. The molecule has 200 valence electrons. The molecule has 1 aromatic heterocycles. The number of hydroxylamine groups is 1. The third kappa shape index (κ3) is 6.03.